The first-order valence-corrected chi connectivity index (χ1v) is 12.1. The highest BCUT2D eigenvalue weighted by Gasteiger charge is 2.45. The van der Waals surface area contributed by atoms with E-state index in [2.05, 4.69) is 35.4 Å². The number of rotatable bonds is 9. The summed E-state index contributed by atoms with van der Waals surface area (Å²) >= 11 is 3.81. The van der Waals surface area contributed by atoms with E-state index in [9.17, 15) is 24.4 Å². The van der Waals surface area contributed by atoms with E-state index in [0.717, 1.165) is 11.8 Å². The van der Waals surface area contributed by atoms with Gasteiger partial charge in [0.05, 0.1) is 17.7 Å². The third kappa shape index (κ3) is 5.47. The van der Waals surface area contributed by atoms with Crippen molar-refractivity contribution in [1.82, 2.24) is 19.5 Å². The number of carbonyl (C=O) groups excluding carboxylic acids is 2. The number of phosphoric ester groups is 1. The van der Waals surface area contributed by atoms with E-state index in [1.165, 1.54) is 10.9 Å². The zero-order chi connectivity index (χ0) is 22.9. The minimum Gasteiger partial charge on any atom is -0.387 e. The molecular weight excluding hydrogens is 525 g/mol. The number of imidazole rings is 1. The molecule has 0 aromatic carbocycles. The summed E-state index contributed by atoms with van der Waals surface area (Å²) in [6.07, 6.45) is -4.22. The van der Waals surface area contributed by atoms with Gasteiger partial charge in [0.1, 0.15) is 30.2 Å². The van der Waals surface area contributed by atoms with Gasteiger partial charge in [0, 0.05) is 0 Å². The van der Waals surface area contributed by atoms with Crippen molar-refractivity contribution < 1.29 is 43.4 Å². The van der Waals surface area contributed by atoms with Gasteiger partial charge >= 0.3 is 7.82 Å². The molecule has 0 saturated carbocycles. The summed E-state index contributed by atoms with van der Waals surface area (Å²) in [6, 6.07) is 0. The van der Waals surface area contributed by atoms with Gasteiger partial charge in [-0.15, -0.1) is 0 Å². The van der Waals surface area contributed by atoms with Crippen molar-refractivity contribution in [1.29, 1.82) is 0 Å². The smallest absolute Gasteiger partial charge is 0.387 e. The van der Waals surface area contributed by atoms with Crippen LogP contribution in [0.3, 0.4) is 0 Å². The molecule has 0 bridgehead atoms. The Labute approximate surface area is 186 Å². The number of nitrogens with two attached hydrogens (primary N) is 1. The molecule has 6 N–H and O–H groups in total. The van der Waals surface area contributed by atoms with Crippen molar-refractivity contribution in [3.8, 4) is 0 Å². The van der Waals surface area contributed by atoms with Gasteiger partial charge in [-0.2, -0.15) is 0 Å². The van der Waals surface area contributed by atoms with Crippen LogP contribution in [0.1, 0.15) is 6.23 Å². The molecule has 1 aliphatic heterocycles. The number of thioether (sulfide) groups is 1. The Morgan fingerprint density at radius 3 is 2.65 bits per heavy atom. The lowest BCUT2D eigenvalue weighted by Gasteiger charge is -2.17. The first-order valence-electron chi connectivity index (χ1n) is 8.48. The lowest BCUT2D eigenvalue weighted by atomic mass is 10.1. The number of hydrogen-bond acceptors (Lipinski definition) is 12. The van der Waals surface area contributed by atoms with Gasteiger partial charge in [0.15, 0.2) is 22.8 Å². The summed E-state index contributed by atoms with van der Waals surface area (Å²) in [5.74, 6) is -1.46. The number of ketones is 2. The molecule has 1 fully saturated rings. The van der Waals surface area contributed by atoms with Crippen LogP contribution in [0.25, 0.3) is 11.2 Å². The maximum atomic E-state index is 11.7. The number of Topliss-reactive ketones (excluding diaryl/α,β-unsaturated/α-hetero) is 2. The third-order valence-electron chi connectivity index (χ3n) is 4.22. The van der Waals surface area contributed by atoms with Gasteiger partial charge in [0.25, 0.3) is 0 Å². The highest BCUT2D eigenvalue weighted by Crippen LogP contribution is 2.39. The number of nitrogens with zero attached hydrogens (tertiary/aromatic N) is 4. The van der Waals surface area contributed by atoms with Crippen molar-refractivity contribution in [2.45, 2.75) is 29.7 Å². The minimum atomic E-state index is -4.80. The molecule has 17 heteroatoms. The summed E-state index contributed by atoms with van der Waals surface area (Å²) in [5.41, 5.74) is 6.25. The van der Waals surface area contributed by atoms with E-state index in [1.54, 1.807) is 0 Å². The summed E-state index contributed by atoms with van der Waals surface area (Å²) in [6.45, 7) is -0.667. The van der Waals surface area contributed by atoms with Crippen LogP contribution in [0.2, 0.25) is 0 Å². The topological polar surface area (TPSA) is 220 Å². The van der Waals surface area contributed by atoms with Gasteiger partial charge in [-0.05, 0) is 0 Å². The van der Waals surface area contributed by atoms with Gasteiger partial charge < -0.3 is 30.5 Å². The molecular formula is C14H17BrN5O9PS. The summed E-state index contributed by atoms with van der Waals surface area (Å²) in [7, 11) is -4.80. The first-order chi connectivity index (χ1) is 14.5. The summed E-state index contributed by atoms with van der Waals surface area (Å²) < 4.78 is 22.0. The second-order valence-corrected chi connectivity index (χ2v) is 9.06. The third-order valence-corrected chi connectivity index (χ3v) is 6.06. The number of halogens is 1. The van der Waals surface area contributed by atoms with Crippen LogP contribution in [-0.4, -0.2) is 87.1 Å². The average molecular weight is 542 g/mol. The van der Waals surface area contributed by atoms with E-state index in [1.807, 2.05) is 0 Å². The quantitative estimate of drug-likeness (QED) is 0.0823. The lowest BCUT2D eigenvalue weighted by molar-refractivity contribution is -0.133. The van der Waals surface area contributed by atoms with Crippen LogP contribution in [-0.2, 0) is 23.4 Å². The fourth-order valence-corrected chi connectivity index (χ4v) is 4.15. The molecule has 0 spiro atoms. The number of aliphatic hydroxyl groups is 2. The predicted octanol–water partition coefficient (Wildman–Crippen LogP) is -1.24. The highest BCUT2D eigenvalue weighted by atomic mass is 79.9. The maximum Gasteiger partial charge on any atom is 0.469 e. The van der Waals surface area contributed by atoms with E-state index < -0.39 is 50.5 Å². The number of carbonyl (C=O) groups is 2. The zero-order valence-electron chi connectivity index (χ0n) is 15.4. The molecule has 3 rings (SSSR count). The Kier molecular flexibility index (Phi) is 7.45. The first kappa shape index (κ1) is 24.2. The number of aliphatic hydroxyl groups excluding tert-OH is 2. The summed E-state index contributed by atoms with van der Waals surface area (Å²) in [4.78, 5) is 52.9. The second-order valence-electron chi connectivity index (χ2n) is 6.32. The molecule has 1 saturated heterocycles. The number of alkyl halides is 1. The van der Waals surface area contributed by atoms with Crippen LogP contribution < -0.4 is 5.73 Å². The predicted molar refractivity (Wildman–Crippen MR) is 108 cm³/mol. The van der Waals surface area contributed by atoms with E-state index in [4.69, 9.17) is 20.3 Å². The van der Waals surface area contributed by atoms with Gasteiger partial charge in [-0.1, -0.05) is 27.7 Å². The molecule has 0 radical (unpaired) electrons. The van der Waals surface area contributed by atoms with Crippen LogP contribution >= 0.6 is 35.5 Å². The molecule has 0 unspecified atom stereocenters. The highest BCUT2D eigenvalue weighted by molar-refractivity contribution is 9.09. The van der Waals surface area contributed by atoms with Crippen LogP contribution in [0.15, 0.2) is 11.5 Å². The standard InChI is InChI=1S/C14H17BrN5O9PS/c15-1-5(21)6(22)3-31-14-18-11(16)8-12(19-14)17-4-20(8)13-10(24)9(23)7(29-13)2-28-30(25,26)27/h4,7,9-10,13,23-24H,1-3H2,(H2,16,18,19)(H2,25,26,27)/t7-,9-,10-,13-/m1/s1. The molecule has 2 aromatic heterocycles. The Morgan fingerprint density at radius 2 is 2.00 bits per heavy atom. The van der Waals surface area contributed by atoms with Crippen LogP contribution in [0, 0.1) is 0 Å². The maximum absolute atomic E-state index is 11.7. The van der Waals surface area contributed by atoms with E-state index in [0.29, 0.717) is 0 Å². The van der Waals surface area contributed by atoms with Crippen molar-refractivity contribution in [2.75, 3.05) is 23.4 Å². The number of ether oxygens (including phenoxy) is 1. The van der Waals surface area contributed by atoms with Crippen molar-refractivity contribution >= 4 is 64.1 Å². The second kappa shape index (κ2) is 9.56. The molecule has 14 nitrogen and oxygen atoms in total. The van der Waals surface area contributed by atoms with Gasteiger partial charge in [-0.3, -0.25) is 18.7 Å². The van der Waals surface area contributed by atoms with Crippen molar-refractivity contribution in [2.24, 2.45) is 0 Å². The molecule has 0 aliphatic carbocycles. The SMILES string of the molecule is Nc1nc(SCC(=O)C(=O)CBr)nc2ncn([C@@H]3O[C@H](COP(=O)(O)O)[C@@H](O)[C@H]3O)c12. The van der Waals surface area contributed by atoms with E-state index in [-0.39, 0.29) is 33.2 Å². The normalized spacial score (nSPS) is 24.0. The number of anilines is 1. The molecule has 0 amide bonds. The van der Waals surface area contributed by atoms with E-state index >= 15 is 0 Å². The molecule has 31 heavy (non-hydrogen) atoms. The Morgan fingerprint density at radius 1 is 1.29 bits per heavy atom. The zero-order valence-corrected chi connectivity index (χ0v) is 18.7. The number of fused-ring (bicyclic) bond motifs is 1. The number of hydrogen-bond donors (Lipinski definition) is 5. The fraction of sp³-hybridized carbons (Fsp3) is 0.500. The summed E-state index contributed by atoms with van der Waals surface area (Å²) in [5, 5.41) is 20.5. The average Bonchev–Trinajstić information content (AvgIpc) is 3.25. The molecule has 2 aromatic rings. The Hall–Kier alpha value is -1.49. The number of phosphoric acid groups is 1. The van der Waals surface area contributed by atoms with Gasteiger partial charge in [-0.25, -0.2) is 19.5 Å². The fourth-order valence-electron chi connectivity index (χ4n) is 2.76. The Bertz CT molecular complexity index is 1050. The monoisotopic (exact) mass is 541 g/mol. The van der Waals surface area contributed by atoms with Gasteiger partial charge in [0.2, 0.25) is 11.6 Å². The molecule has 170 valence electrons. The minimum absolute atomic E-state index is 0.0653. The molecule has 3 heterocycles. The number of nitrogen functional groups attached to an aromatic ring is 1. The molecule has 1 aliphatic rings. The lowest BCUT2D eigenvalue weighted by Crippen LogP contribution is -2.33. The van der Waals surface area contributed by atoms with Crippen molar-refractivity contribution in [3.05, 3.63) is 6.33 Å². The Balaban J connectivity index is 1.80. The van der Waals surface area contributed by atoms with Crippen molar-refractivity contribution in [3.63, 3.8) is 0 Å². The van der Waals surface area contributed by atoms with Crippen LogP contribution in [0.4, 0.5) is 5.82 Å². The molecule has 4 atom stereocenters. The number of aromatic nitrogens is 4. The van der Waals surface area contributed by atoms with Crippen LogP contribution in [0.5, 0.6) is 0 Å². The largest absolute Gasteiger partial charge is 0.469 e.